The molecule has 2 nitrogen and oxygen atoms in total. The number of rotatable bonds is 3. The van der Waals surface area contributed by atoms with E-state index in [-0.39, 0.29) is 0 Å². The summed E-state index contributed by atoms with van der Waals surface area (Å²) in [4.78, 5) is 2.65. The van der Waals surface area contributed by atoms with E-state index in [0.29, 0.717) is 11.5 Å². The van der Waals surface area contributed by atoms with E-state index in [1.165, 1.54) is 32.4 Å². The van der Waals surface area contributed by atoms with Crippen molar-refractivity contribution in [3.8, 4) is 0 Å². The number of hydrogen-bond donors (Lipinski definition) is 1. The zero-order chi connectivity index (χ0) is 10.3. The van der Waals surface area contributed by atoms with Crippen LogP contribution < -0.4 is 5.73 Å². The predicted octanol–water partition coefficient (Wildman–Crippen LogP) is 1.84. The lowest BCUT2D eigenvalue weighted by molar-refractivity contribution is 0.177. The molecule has 1 aliphatic heterocycles. The van der Waals surface area contributed by atoms with Gasteiger partial charge in [0.25, 0.3) is 0 Å². The second kappa shape index (κ2) is 3.49. The van der Waals surface area contributed by atoms with Crippen LogP contribution in [-0.2, 0) is 0 Å². The molecule has 2 aliphatic rings. The van der Waals surface area contributed by atoms with Crippen LogP contribution >= 0.6 is 0 Å². The smallest absolute Gasteiger partial charge is 0.0121 e. The van der Waals surface area contributed by atoms with Gasteiger partial charge in [-0.1, -0.05) is 6.92 Å². The molecule has 1 saturated heterocycles. The van der Waals surface area contributed by atoms with E-state index in [1.54, 1.807) is 0 Å². The highest BCUT2D eigenvalue weighted by atomic mass is 15.2. The Morgan fingerprint density at radius 1 is 1.36 bits per heavy atom. The van der Waals surface area contributed by atoms with Crippen molar-refractivity contribution in [3.63, 3.8) is 0 Å². The molecule has 82 valence electrons. The molecule has 3 unspecified atom stereocenters. The third-order valence-electron chi connectivity index (χ3n) is 4.59. The summed E-state index contributed by atoms with van der Waals surface area (Å²) >= 11 is 0. The normalized spacial score (nSPS) is 35.6. The van der Waals surface area contributed by atoms with Crippen molar-refractivity contribution < 1.29 is 0 Å². The molecule has 1 saturated carbocycles. The van der Waals surface area contributed by atoms with Crippen molar-refractivity contribution in [2.75, 3.05) is 13.1 Å². The van der Waals surface area contributed by atoms with Crippen molar-refractivity contribution in [1.82, 2.24) is 4.90 Å². The summed E-state index contributed by atoms with van der Waals surface area (Å²) in [6.07, 6.45) is 4.15. The molecule has 0 radical (unpaired) electrons. The van der Waals surface area contributed by atoms with Gasteiger partial charge in [0, 0.05) is 18.6 Å². The lowest BCUT2D eigenvalue weighted by atomic mass is 9.99. The maximum absolute atomic E-state index is 5.96. The Morgan fingerprint density at radius 3 is 2.43 bits per heavy atom. The fourth-order valence-electron chi connectivity index (χ4n) is 2.65. The van der Waals surface area contributed by atoms with E-state index in [0.717, 1.165) is 12.0 Å². The summed E-state index contributed by atoms with van der Waals surface area (Å²) in [7, 11) is 0. The van der Waals surface area contributed by atoms with Crippen LogP contribution in [-0.4, -0.2) is 30.1 Å². The first-order valence-electron chi connectivity index (χ1n) is 6.02. The van der Waals surface area contributed by atoms with Gasteiger partial charge >= 0.3 is 0 Å². The van der Waals surface area contributed by atoms with Gasteiger partial charge in [0.05, 0.1) is 0 Å². The lowest BCUT2D eigenvalue weighted by Crippen LogP contribution is -2.38. The van der Waals surface area contributed by atoms with Crippen molar-refractivity contribution >= 4 is 0 Å². The molecular formula is C12H24N2. The maximum atomic E-state index is 5.96. The van der Waals surface area contributed by atoms with Gasteiger partial charge in [-0.3, -0.25) is 4.90 Å². The van der Waals surface area contributed by atoms with E-state index >= 15 is 0 Å². The van der Waals surface area contributed by atoms with E-state index in [1.807, 2.05) is 0 Å². The molecule has 2 fully saturated rings. The van der Waals surface area contributed by atoms with E-state index in [9.17, 15) is 0 Å². The van der Waals surface area contributed by atoms with Crippen molar-refractivity contribution in [2.45, 2.75) is 52.1 Å². The van der Waals surface area contributed by atoms with Crippen LogP contribution in [0.25, 0.3) is 0 Å². The zero-order valence-electron chi connectivity index (χ0n) is 9.79. The summed E-state index contributed by atoms with van der Waals surface area (Å²) in [5.74, 6) is 0.736. The lowest BCUT2D eigenvalue weighted by Gasteiger charge is -2.30. The van der Waals surface area contributed by atoms with Gasteiger partial charge in [0.15, 0.2) is 0 Å². The summed E-state index contributed by atoms with van der Waals surface area (Å²) in [6, 6.07) is 1.14. The molecule has 2 heteroatoms. The second-order valence-electron chi connectivity index (χ2n) is 5.73. The Bertz CT molecular complexity index is 208. The maximum Gasteiger partial charge on any atom is 0.0121 e. The van der Waals surface area contributed by atoms with Crippen molar-refractivity contribution in [3.05, 3.63) is 0 Å². The molecule has 2 N–H and O–H groups in total. The van der Waals surface area contributed by atoms with E-state index in [2.05, 4.69) is 25.7 Å². The van der Waals surface area contributed by atoms with Gasteiger partial charge in [-0.2, -0.15) is 0 Å². The summed E-state index contributed by atoms with van der Waals surface area (Å²) in [6.45, 7) is 9.47. The Balaban J connectivity index is 1.89. The van der Waals surface area contributed by atoms with Crippen LogP contribution in [0.1, 0.15) is 40.0 Å². The van der Waals surface area contributed by atoms with Gasteiger partial charge in [-0.05, 0) is 51.0 Å². The number of nitrogens with two attached hydrogens (primary N) is 1. The predicted molar refractivity (Wildman–Crippen MR) is 60.1 cm³/mol. The van der Waals surface area contributed by atoms with Crippen LogP contribution in [0, 0.1) is 11.3 Å². The fraction of sp³-hybridized carbons (Fsp3) is 1.00. The SMILES string of the molecule is CC(N)C1CCN(C(C)C2(C)CC2)C1. The van der Waals surface area contributed by atoms with Gasteiger partial charge < -0.3 is 5.73 Å². The van der Waals surface area contributed by atoms with Gasteiger partial charge in [0.1, 0.15) is 0 Å². The molecule has 14 heavy (non-hydrogen) atoms. The minimum Gasteiger partial charge on any atom is -0.328 e. The van der Waals surface area contributed by atoms with E-state index in [4.69, 9.17) is 5.73 Å². The third kappa shape index (κ3) is 1.82. The highest BCUT2D eigenvalue weighted by Crippen LogP contribution is 2.50. The summed E-state index contributed by atoms with van der Waals surface area (Å²) in [5.41, 5.74) is 6.59. The quantitative estimate of drug-likeness (QED) is 0.746. The van der Waals surface area contributed by atoms with Gasteiger partial charge in [-0.15, -0.1) is 0 Å². The molecule has 0 amide bonds. The molecule has 3 atom stereocenters. The Kier molecular flexibility index (Phi) is 2.61. The molecule has 0 aromatic heterocycles. The van der Waals surface area contributed by atoms with E-state index < -0.39 is 0 Å². The van der Waals surface area contributed by atoms with Crippen LogP contribution in [0.15, 0.2) is 0 Å². The first-order chi connectivity index (χ1) is 6.53. The Hall–Kier alpha value is -0.0800. The molecule has 0 bridgehead atoms. The zero-order valence-corrected chi connectivity index (χ0v) is 9.79. The van der Waals surface area contributed by atoms with Crippen molar-refractivity contribution in [1.29, 1.82) is 0 Å². The molecule has 2 rings (SSSR count). The molecular weight excluding hydrogens is 172 g/mol. The average Bonchev–Trinajstić information content (AvgIpc) is 2.69. The highest BCUT2D eigenvalue weighted by Gasteiger charge is 2.46. The first-order valence-corrected chi connectivity index (χ1v) is 6.02. The Labute approximate surface area is 87.8 Å². The molecule has 0 aromatic rings. The minimum atomic E-state index is 0.374. The summed E-state index contributed by atoms with van der Waals surface area (Å²) < 4.78 is 0. The monoisotopic (exact) mass is 196 g/mol. The van der Waals surface area contributed by atoms with Gasteiger partial charge in [0.2, 0.25) is 0 Å². The third-order valence-corrected chi connectivity index (χ3v) is 4.59. The largest absolute Gasteiger partial charge is 0.328 e. The molecule has 0 aromatic carbocycles. The first kappa shape index (κ1) is 10.4. The topological polar surface area (TPSA) is 29.3 Å². The van der Waals surface area contributed by atoms with Crippen LogP contribution in [0.5, 0.6) is 0 Å². The highest BCUT2D eigenvalue weighted by molar-refractivity contribution is 4.99. The molecule has 1 heterocycles. The number of hydrogen-bond acceptors (Lipinski definition) is 2. The van der Waals surface area contributed by atoms with Crippen molar-refractivity contribution in [2.24, 2.45) is 17.1 Å². The standard InChI is InChI=1S/C12H24N2/c1-9(13)11-4-7-14(8-11)10(2)12(3)5-6-12/h9-11H,4-8,13H2,1-3H3. The molecule has 1 aliphatic carbocycles. The van der Waals surface area contributed by atoms with Gasteiger partial charge in [-0.25, -0.2) is 0 Å². The second-order valence-corrected chi connectivity index (χ2v) is 5.73. The van der Waals surface area contributed by atoms with Crippen LogP contribution in [0.2, 0.25) is 0 Å². The van der Waals surface area contributed by atoms with Crippen LogP contribution in [0.3, 0.4) is 0 Å². The Morgan fingerprint density at radius 2 is 2.00 bits per heavy atom. The number of nitrogens with zero attached hydrogens (tertiary/aromatic N) is 1. The average molecular weight is 196 g/mol. The van der Waals surface area contributed by atoms with Crippen LogP contribution in [0.4, 0.5) is 0 Å². The summed E-state index contributed by atoms with van der Waals surface area (Å²) in [5, 5.41) is 0. The minimum absolute atomic E-state index is 0.374. The molecule has 0 spiro atoms. The fourth-order valence-corrected chi connectivity index (χ4v) is 2.65. The number of likely N-dealkylation sites (tertiary alicyclic amines) is 1.